The molecule has 1 unspecified atom stereocenters. The first kappa shape index (κ1) is 32.0. The molecular formula is C31H27Cl5N2O2. The molecule has 1 heterocycles. The minimum atomic E-state index is -0.348. The lowest BCUT2D eigenvalue weighted by molar-refractivity contribution is -0.705. The molecule has 40 heavy (non-hydrogen) atoms. The van der Waals surface area contributed by atoms with Gasteiger partial charge in [-0.15, -0.1) is 0 Å². The Kier molecular flexibility index (Phi) is 11.9. The number of hydrogen-bond donors (Lipinski definition) is 0. The molecule has 2 N–H and O–H groups in total. The lowest BCUT2D eigenvalue weighted by Crippen LogP contribution is -3.00. The number of halogens is 5. The van der Waals surface area contributed by atoms with E-state index in [2.05, 4.69) is 70.2 Å². The van der Waals surface area contributed by atoms with Gasteiger partial charge in [0.15, 0.2) is 6.04 Å². The number of rotatable bonds is 9. The van der Waals surface area contributed by atoms with Gasteiger partial charge in [0.25, 0.3) is 0 Å². The summed E-state index contributed by atoms with van der Waals surface area (Å²) in [6.07, 6.45) is 5.88. The summed E-state index contributed by atoms with van der Waals surface area (Å²) in [7, 11) is 0. The van der Waals surface area contributed by atoms with Crippen LogP contribution in [0.1, 0.15) is 34.4 Å². The molecule has 9 heteroatoms. The molecule has 0 aliphatic heterocycles. The third-order valence-electron chi connectivity index (χ3n) is 6.38. The average molecular weight is 637 g/mol. The summed E-state index contributed by atoms with van der Waals surface area (Å²) in [6, 6.07) is 31.8. The van der Waals surface area contributed by atoms with E-state index in [1.165, 1.54) is 11.1 Å². The molecule has 1 atom stereocenters. The van der Waals surface area contributed by atoms with Gasteiger partial charge in [-0.3, -0.25) is 0 Å². The molecular weight excluding hydrogens is 610 g/mol. The fraction of sp³-hybridized carbons (Fsp3) is 0.129. The molecule has 0 bridgehead atoms. The molecule has 0 aliphatic carbocycles. The normalized spacial score (nSPS) is 11.5. The van der Waals surface area contributed by atoms with Gasteiger partial charge >= 0.3 is 0 Å². The number of hydrogen-bond acceptors (Lipinski definition) is 1. The zero-order valence-electron chi connectivity index (χ0n) is 21.2. The topological polar surface area (TPSA) is 49.5 Å². The van der Waals surface area contributed by atoms with Crippen molar-refractivity contribution in [1.29, 1.82) is 0 Å². The van der Waals surface area contributed by atoms with Crippen molar-refractivity contribution in [3.05, 3.63) is 158 Å². The van der Waals surface area contributed by atoms with Crippen LogP contribution < -0.4 is 17.0 Å². The van der Waals surface area contributed by atoms with Crippen molar-refractivity contribution >= 4 is 46.4 Å². The summed E-state index contributed by atoms with van der Waals surface area (Å²) in [6.45, 7) is 0.841. The Hall–Kier alpha value is -2.54. The Morgan fingerprint density at radius 2 is 1.30 bits per heavy atom. The molecule has 0 radical (unpaired) electrons. The molecule has 0 saturated heterocycles. The number of ether oxygens (including phenoxy) is 1. The van der Waals surface area contributed by atoms with Crippen LogP contribution in [0.4, 0.5) is 0 Å². The van der Waals surface area contributed by atoms with Crippen molar-refractivity contribution < 1.29 is 27.2 Å². The van der Waals surface area contributed by atoms with Crippen LogP contribution in [0.5, 0.6) is 0 Å². The highest BCUT2D eigenvalue weighted by molar-refractivity contribution is 6.35. The van der Waals surface area contributed by atoms with E-state index in [9.17, 15) is 0 Å². The van der Waals surface area contributed by atoms with Gasteiger partial charge in [-0.25, -0.2) is 9.13 Å². The van der Waals surface area contributed by atoms with Gasteiger partial charge in [0, 0.05) is 36.8 Å². The molecule has 1 aromatic heterocycles. The first-order valence-corrected chi connectivity index (χ1v) is 13.7. The van der Waals surface area contributed by atoms with Gasteiger partial charge in [-0.1, -0.05) is 119 Å². The third kappa shape index (κ3) is 7.80. The van der Waals surface area contributed by atoms with E-state index < -0.39 is 0 Å². The van der Waals surface area contributed by atoms with E-state index in [1.807, 2.05) is 36.5 Å². The minimum absolute atomic E-state index is 0. The highest BCUT2D eigenvalue weighted by Gasteiger charge is 2.24. The molecule has 0 amide bonds. The number of nitrogens with zero attached hydrogens (tertiary/aromatic N) is 2. The molecule has 208 valence electrons. The summed E-state index contributed by atoms with van der Waals surface area (Å²) < 4.78 is 10.7. The Labute approximate surface area is 260 Å². The van der Waals surface area contributed by atoms with Crippen LogP contribution in [0, 0.1) is 0 Å². The average Bonchev–Trinajstić information content (AvgIpc) is 3.37. The van der Waals surface area contributed by atoms with Crippen molar-refractivity contribution in [2.75, 3.05) is 0 Å². The molecule has 0 spiro atoms. The van der Waals surface area contributed by atoms with Gasteiger partial charge in [0.05, 0.1) is 6.61 Å². The Balaban J connectivity index is 0.00000220. The van der Waals surface area contributed by atoms with Crippen LogP contribution in [0.25, 0.3) is 0 Å². The molecule has 5 rings (SSSR count). The summed E-state index contributed by atoms with van der Waals surface area (Å²) >= 11 is 25.3. The predicted octanol–water partition coefficient (Wildman–Crippen LogP) is 5.16. The van der Waals surface area contributed by atoms with Crippen molar-refractivity contribution in [2.24, 2.45) is 0 Å². The van der Waals surface area contributed by atoms with Crippen LogP contribution in [0.15, 0.2) is 116 Å². The van der Waals surface area contributed by atoms with E-state index >= 15 is 0 Å². The predicted molar refractivity (Wildman–Crippen MR) is 159 cm³/mol. The number of benzene rings is 4. The monoisotopic (exact) mass is 634 g/mol. The smallest absolute Gasteiger partial charge is 0.244 e. The standard InChI is InChI=1S/C31H25Cl4N2O.ClH.H2O/c32-25-12-11-24(28(34)17-25)20-38-30(27-14-13-26(33)18-29(27)35)19-36-15-16-37(21-36)31(22-7-3-1-4-8-22)23-9-5-2-6-10-23;;/h1-18,21,30-31H,19-20H2;1H;1H2/q+1;;/p-1. The molecule has 4 nitrogen and oxygen atoms in total. The van der Waals surface area contributed by atoms with Crippen molar-refractivity contribution in [3.63, 3.8) is 0 Å². The van der Waals surface area contributed by atoms with Gasteiger partial charge in [0.2, 0.25) is 6.33 Å². The van der Waals surface area contributed by atoms with Gasteiger partial charge in [0.1, 0.15) is 25.0 Å². The first-order valence-electron chi connectivity index (χ1n) is 12.1. The summed E-state index contributed by atoms with van der Waals surface area (Å²) in [5.74, 6) is 0. The largest absolute Gasteiger partial charge is 1.00 e. The zero-order valence-corrected chi connectivity index (χ0v) is 25.0. The van der Waals surface area contributed by atoms with Crippen LogP contribution in [-0.2, 0) is 17.9 Å². The Morgan fingerprint density at radius 3 is 1.88 bits per heavy atom. The van der Waals surface area contributed by atoms with E-state index in [1.54, 1.807) is 18.2 Å². The second-order valence-corrected chi connectivity index (χ2v) is 10.7. The maximum Gasteiger partial charge on any atom is 0.244 e. The summed E-state index contributed by atoms with van der Waals surface area (Å²) in [4.78, 5) is 0. The van der Waals surface area contributed by atoms with Crippen molar-refractivity contribution in [2.45, 2.75) is 25.3 Å². The van der Waals surface area contributed by atoms with Crippen LogP contribution in [0.3, 0.4) is 0 Å². The maximum absolute atomic E-state index is 6.62. The second-order valence-electron chi connectivity index (χ2n) is 8.98. The van der Waals surface area contributed by atoms with Gasteiger partial charge in [-0.05, 0) is 29.8 Å². The molecule has 5 aromatic rings. The van der Waals surface area contributed by atoms with E-state index in [0.29, 0.717) is 33.2 Å². The van der Waals surface area contributed by atoms with E-state index in [4.69, 9.17) is 51.1 Å². The second kappa shape index (κ2) is 14.9. The molecule has 0 aliphatic rings. The lowest BCUT2D eigenvalue weighted by Gasteiger charge is -2.19. The lowest BCUT2D eigenvalue weighted by atomic mass is 9.99. The fourth-order valence-electron chi connectivity index (χ4n) is 4.50. The van der Waals surface area contributed by atoms with Crippen molar-refractivity contribution in [3.8, 4) is 0 Å². The maximum atomic E-state index is 6.62. The van der Waals surface area contributed by atoms with Crippen LogP contribution in [0.2, 0.25) is 20.1 Å². The van der Waals surface area contributed by atoms with Crippen LogP contribution >= 0.6 is 46.4 Å². The van der Waals surface area contributed by atoms with Gasteiger partial charge < -0.3 is 22.6 Å². The number of imidazole rings is 1. The van der Waals surface area contributed by atoms with E-state index in [0.717, 1.165) is 11.1 Å². The Bertz CT molecular complexity index is 1470. The first-order chi connectivity index (χ1) is 18.5. The highest BCUT2D eigenvalue weighted by Crippen LogP contribution is 2.31. The molecule has 0 fully saturated rings. The summed E-state index contributed by atoms with van der Waals surface area (Å²) in [5.41, 5.74) is 4.10. The molecule has 0 saturated carbocycles. The van der Waals surface area contributed by atoms with Gasteiger partial charge in [-0.2, -0.15) is 0 Å². The SMILES string of the molecule is Clc1ccc(COC(C[n+]2ccn(C(c3ccccc3)c3ccccc3)c2)c2ccc(Cl)cc2Cl)c(Cl)c1.O.[Cl-]. The summed E-state index contributed by atoms with van der Waals surface area (Å²) in [5, 5.41) is 2.27. The highest BCUT2D eigenvalue weighted by atomic mass is 35.5. The van der Waals surface area contributed by atoms with E-state index in [-0.39, 0.29) is 30.0 Å². The van der Waals surface area contributed by atoms with Crippen molar-refractivity contribution in [1.82, 2.24) is 4.57 Å². The quantitative estimate of drug-likeness (QED) is 0.206. The minimum Gasteiger partial charge on any atom is -1.00 e. The number of aromatic nitrogens is 2. The third-order valence-corrected chi connectivity index (χ3v) is 7.53. The fourth-order valence-corrected chi connectivity index (χ4v) is 5.50. The Morgan fingerprint density at radius 1 is 0.725 bits per heavy atom. The zero-order chi connectivity index (χ0) is 26.5. The van der Waals surface area contributed by atoms with Crippen LogP contribution in [-0.4, -0.2) is 10.0 Å². The molecule has 4 aromatic carbocycles.